The van der Waals surface area contributed by atoms with E-state index in [-0.39, 0.29) is 11.4 Å². The van der Waals surface area contributed by atoms with Crippen molar-refractivity contribution in [2.75, 3.05) is 7.11 Å². The van der Waals surface area contributed by atoms with Crippen molar-refractivity contribution in [3.63, 3.8) is 0 Å². The second-order valence-corrected chi connectivity index (χ2v) is 4.87. The van der Waals surface area contributed by atoms with Crippen molar-refractivity contribution in [1.82, 2.24) is 0 Å². The molecule has 120 valence electrons. The van der Waals surface area contributed by atoms with E-state index in [1.807, 2.05) is 0 Å². The first-order valence-corrected chi connectivity index (χ1v) is 6.98. The van der Waals surface area contributed by atoms with Crippen molar-refractivity contribution in [3.05, 3.63) is 74.6 Å². The fourth-order valence-electron chi connectivity index (χ4n) is 2.26. The second-order valence-electron chi connectivity index (χ2n) is 4.87. The standard InChI is InChI=1S/C17H12N2O5/c1-23-15-8-4-6-11-9-13(17(20)24-16(11)15)18-10-12-5-2-3-7-14(12)19(21)22/h2-10H,1H3. The minimum Gasteiger partial charge on any atom is -0.493 e. The molecule has 7 heteroatoms. The van der Waals surface area contributed by atoms with Gasteiger partial charge in [-0.15, -0.1) is 0 Å². The number of benzene rings is 2. The highest BCUT2D eigenvalue weighted by Crippen LogP contribution is 2.26. The molecule has 0 amide bonds. The summed E-state index contributed by atoms with van der Waals surface area (Å²) in [5.41, 5.74) is -0.0638. The average molecular weight is 324 g/mol. The molecule has 0 aliphatic heterocycles. The Morgan fingerprint density at radius 3 is 2.75 bits per heavy atom. The fourth-order valence-corrected chi connectivity index (χ4v) is 2.26. The van der Waals surface area contributed by atoms with Crippen molar-refractivity contribution in [1.29, 1.82) is 0 Å². The molecule has 1 heterocycles. The van der Waals surface area contributed by atoms with Gasteiger partial charge in [0.05, 0.1) is 17.6 Å². The number of aliphatic imine (C=N–C) groups is 1. The number of hydrogen-bond acceptors (Lipinski definition) is 6. The van der Waals surface area contributed by atoms with Gasteiger partial charge in [0.2, 0.25) is 0 Å². The van der Waals surface area contributed by atoms with Gasteiger partial charge in [-0.1, -0.05) is 24.3 Å². The van der Waals surface area contributed by atoms with Gasteiger partial charge in [-0.2, -0.15) is 0 Å². The molecule has 2 aromatic carbocycles. The highest BCUT2D eigenvalue weighted by atomic mass is 16.6. The molecule has 0 atom stereocenters. The lowest BCUT2D eigenvalue weighted by Gasteiger charge is -2.03. The average Bonchev–Trinajstić information content (AvgIpc) is 2.59. The molecular formula is C17H12N2O5. The Hall–Kier alpha value is -3.48. The first-order valence-electron chi connectivity index (χ1n) is 6.98. The normalized spacial score (nSPS) is 11.0. The van der Waals surface area contributed by atoms with Gasteiger partial charge in [-0.05, 0) is 18.2 Å². The van der Waals surface area contributed by atoms with E-state index >= 15 is 0 Å². The van der Waals surface area contributed by atoms with Gasteiger partial charge in [0, 0.05) is 17.7 Å². The highest BCUT2D eigenvalue weighted by molar-refractivity contribution is 5.89. The summed E-state index contributed by atoms with van der Waals surface area (Å²) < 4.78 is 10.4. The molecule has 0 aliphatic rings. The van der Waals surface area contributed by atoms with E-state index in [2.05, 4.69) is 4.99 Å². The molecule has 1 aromatic heterocycles. The van der Waals surface area contributed by atoms with Gasteiger partial charge in [-0.25, -0.2) is 9.79 Å². The Morgan fingerprint density at radius 1 is 1.21 bits per heavy atom. The van der Waals surface area contributed by atoms with E-state index in [9.17, 15) is 14.9 Å². The first kappa shape index (κ1) is 15.4. The van der Waals surface area contributed by atoms with Crippen LogP contribution in [0.2, 0.25) is 0 Å². The van der Waals surface area contributed by atoms with E-state index in [1.165, 1.54) is 19.4 Å². The van der Waals surface area contributed by atoms with Crippen LogP contribution in [0.3, 0.4) is 0 Å². The second kappa shape index (κ2) is 6.33. The molecule has 0 saturated heterocycles. The van der Waals surface area contributed by atoms with Gasteiger partial charge >= 0.3 is 5.63 Å². The summed E-state index contributed by atoms with van der Waals surface area (Å²) in [5, 5.41) is 11.6. The van der Waals surface area contributed by atoms with Crippen LogP contribution < -0.4 is 10.4 Å². The number of para-hydroxylation sites is 2. The lowest BCUT2D eigenvalue weighted by molar-refractivity contribution is -0.385. The SMILES string of the molecule is COc1cccc2cc(N=Cc3ccccc3[N+](=O)[O-])c(=O)oc12. The molecule has 3 rings (SSSR count). The summed E-state index contributed by atoms with van der Waals surface area (Å²) in [6.45, 7) is 0. The van der Waals surface area contributed by atoms with Gasteiger partial charge < -0.3 is 9.15 Å². The largest absolute Gasteiger partial charge is 0.493 e. The van der Waals surface area contributed by atoms with Crippen LogP contribution in [0.25, 0.3) is 11.0 Å². The molecule has 0 spiro atoms. The number of hydrogen-bond donors (Lipinski definition) is 0. The summed E-state index contributed by atoms with van der Waals surface area (Å²) in [7, 11) is 1.48. The molecule has 0 bridgehead atoms. The highest BCUT2D eigenvalue weighted by Gasteiger charge is 2.11. The molecule has 0 unspecified atom stereocenters. The smallest absolute Gasteiger partial charge is 0.362 e. The number of methoxy groups -OCH3 is 1. The van der Waals surface area contributed by atoms with Crippen molar-refractivity contribution in [2.24, 2.45) is 4.99 Å². The lowest BCUT2D eigenvalue weighted by Crippen LogP contribution is -2.00. The third-order valence-corrected chi connectivity index (χ3v) is 3.40. The lowest BCUT2D eigenvalue weighted by atomic mass is 10.2. The van der Waals surface area contributed by atoms with E-state index in [4.69, 9.17) is 9.15 Å². The van der Waals surface area contributed by atoms with Crippen molar-refractivity contribution < 1.29 is 14.1 Å². The Kier molecular flexibility index (Phi) is 4.07. The molecule has 7 nitrogen and oxygen atoms in total. The number of ether oxygens (including phenoxy) is 1. The van der Waals surface area contributed by atoms with E-state index < -0.39 is 10.5 Å². The van der Waals surface area contributed by atoms with Crippen LogP contribution in [0.15, 0.2) is 62.7 Å². The maximum absolute atomic E-state index is 12.1. The van der Waals surface area contributed by atoms with Crippen molar-refractivity contribution in [3.8, 4) is 5.75 Å². The number of rotatable bonds is 4. The first-order chi connectivity index (χ1) is 11.6. The van der Waals surface area contributed by atoms with E-state index in [1.54, 1.807) is 42.5 Å². The van der Waals surface area contributed by atoms with Crippen LogP contribution >= 0.6 is 0 Å². The fraction of sp³-hybridized carbons (Fsp3) is 0.0588. The van der Waals surface area contributed by atoms with Crippen molar-refractivity contribution in [2.45, 2.75) is 0 Å². The van der Waals surface area contributed by atoms with Crippen LogP contribution in [-0.2, 0) is 0 Å². The summed E-state index contributed by atoms with van der Waals surface area (Å²) in [6, 6.07) is 12.9. The molecule has 0 radical (unpaired) electrons. The quantitative estimate of drug-likeness (QED) is 0.317. The number of fused-ring (bicyclic) bond motifs is 1. The summed E-state index contributed by atoms with van der Waals surface area (Å²) >= 11 is 0. The summed E-state index contributed by atoms with van der Waals surface area (Å²) in [6.07, 6.45) is 1.27. The van der Waals surface area contributed by atoms with Gasteiger partial charge in [0.1, 0.15) is 5.69 Å². The monoisotopic (exact) mass is 324 g/mol. The van der Waals surface area contributed by atoms with Crippen LogP contribution in [0.5, 0.6) is 5.75 Å². The predicted octanol–water partition coefficient (Wildman–Crippen LogP) is 3.46. The molecule has 0 saturated carbocycles. The van der Waals surface area contributed by atoms with Gasteiger partial charge in [-0.3, -0.25) is 10.1 Å². The maximum atomic E-state index is 12.1. The van der Waals surface area contributed by atoms with E-state index in [0.717, 1.165) is 0 Å². The minimum absolute atomic E-state index is 0.0499. The Morgan fingerprint density at radius 2 is 2.00 bits per heavy atom. The molecule has 3 aromatic rings. The Labute approximate surface area is 136 Å². The molecular weight excluding hydrogens is 312 g/mol. The van der Waals surface area contributed by atoms with Crippen molar-refractivity contribution >= 4 is 28.6 Å². The van der Waals surface area contributed by atoms with Crippen LogP contribution in [0, 0.1) is 10.1 Å². The summed E-state index contributed by atoms with van der Waals surface area (Å²) in [5.74, 6) is 0.443. The molecule has 0 aliphatic carbocycles. The third kappa shape index (κ3) is 2.87. The number of nitro benzene ring substituents is 1. The maximum Gasteiger partial charge on any atom is 0.362 e. The van der Waals surface area contributed by atoms with Gasteiger partial charge in [0.15, 0.2) is 11.3 Å². The predicted molar refractivity (Wildman–Crippen MR) is 89.4 cm³/mol. The zero-order valence-corrected chi connectivity index (χ0v) is 12.6. The van der Waals surface area contributed by atoms with Crippen LogP contribution in [0.1, 0.15) is 5.56 Å². The molecule has 0 N–H and O–H groups in total. The number of nitrogens with zero attached hydrogens (tertiary/aromatic N) is 2. The Bertz CT molecular complexity index is 1010. The number of nitro groups is 1. The van der Waals surface area contributed by atoms with E-state index in [0.29, 0.717) is 22.3 Å². The zero-order chi connectivity index (χ0) is 17.1. The Balaban J connectivity index is 2.07. The summed E-state index contributed by atoms with van der Waals surface area (Å²) in [4.78, 5) is 26.6. The zero-order valence-electron chi connectivity index (χ0n) is 12.6. The third-order valence-electron chi connectivity index (χ3n) is 3.40. The topological polar surface area (TPSA) is 94.9 Å². The van der Waals surface area contributed by atoms with Gasteiger partial charge in [0.25, 0.3) is 5.69 Å². The van der Waals surface area contributed by atoms with Crippen LogP contribution in [-0.4, -0.2) is 18.2 Å². The molecule has 0 fully saturated rings. The van der Waals surface area contributed by atoms with Crippen LogP contribution in [0.4, 0.5) is 11.4 Å². The minimum atomic E-state index is -0.651. The molecule has 24 heavy (non-hydrogen) atoms.